The van der Waals surface area contributed by atoms with E-state index in [1.165, 1.54) is 0 Å². The van der Waals surface area contributed by atoms with Crippen LogP contribution in [0.15, 0.2) is 53.6 Å². The summed E-state index contributed by atoms with van der Waals surface area (Å²) in [5.74, 6) is -0.990. The number of anilines is 2. The number of nitrogens with zero attached hydrogens (tertiary/aromatic N) is 1. The SMILES string of the molecule is CN[C@H](CNc1cc(F)c(S(=O)(=O)Nc2ncc(F)s2)cc1Cl)Cc1ccccc1. The summed E-state index contributed by atoms with van der Waals surface area (Å²) < 4.78 is 54.5. The predicted octanol–water partition coefficient (Wildman–Crippen LogP) is 4.12. The molecule has 160 valence electrons. The van der Waals surface area contributed by atoms with Crippen LogP contribution in [0.3, 0.4) is 0 Å². The zero-order valence-electron chi connectivity index (χ0n) is 15.8. The maximum absolute atomic E-state index is 14.6. The van der Waals surface area contributed by atoms with Gasteiger partial charge >= 0.3 is 0 Å². The molecule has 0 spiro atoms. The Morgan fingerprint density at radius 2 is 1.93 bits per heavy atom. The molecule has 3 N–H and O–H groups in total. The minimum absolute atomic E-state index is 0.0383. The summed E-state index contributed by atoms with van der Waals surface area (Å²) in [4.78, 5) is 2.92. The molecule has 6 nitrogen and oxygen atoms in total. The number of benzene rings is 2. The third-order valence-electron chi connectivity index (χ3n) is 4.28. The quantitative estimate of drug-likeness (QED) is 0.436. The topological polar surface area (TPSA) is 83.1 Å². The van der Waals surface area contributed by atoms with Crippen molar-refractivity contribution in [3.8, 4) is 0 Å². The zero-order valence-corrected chi connectivity index (χ0v) is 18.2. The highest BCUT2D eigenvalue weighted by molar-refractivity contribution is 7.93. The van der Waals surface area contributed by atoms with E-state index in [2.05, 4.69) is 15.6 Å². The summed E-state index contributed by atoms with van der Waals surface area (Å²) >= 11 is 6.68. The third kappa shape index (κ3) is 5.66. The molecule has 0 radical (unpaired) electrons. The maximum Gasteiger partial charge on any atom is 0.266 e. The van der Waals surface area contributed by atoms with Crippen molar-refractivity contribution in [2.75, 3.05) is 23.6 Å². The van der Waals surface area contributed by atoms with Crippen LogP contribution in [0.25, 0.3) is 0 Å². The Hall–Kier alpha value is -2.27. The van der Waals surface area contributed by atoms with Gasteiger partial charge in [0, 0.05) is 12.6 Å². The minimum Gasteiger partial charge on any atom is -0.382 e. The van der Waals surface area contributed by atoms with Crippen LogP contribution in [0, 0.1) is 10.9 Å². The lowest BCUT2D eigenvalue weighted by Crippen LogP contribution is -2.34. The average molecular weight is 473 g/mol. The Labute approximate surface area is 182 Å². The van der Waals surface area contributed by atoms with E-state index in [4.69, 9.17) is 11.6 Å². The van der Waals surface area contributed by atoms with Gasteiger partial charge in [-0.3, -0.25) is 4.72 Å². The molecule has 3 aromatic rings. The van der Waals surface area contributed by atoms with E-state index in [1.54, 1.807) is 0 Å². The largest absolute Gasteiger partial charge is 0.382 e. The summed E-state index contributed by atoms with van der Waals surface area (Å²) in [6.07, 6.45) is 1.61. The Morgan fingerprint density at radius 1 is 1.20 bits per heavy atom. The van der Waals surface area contributed by atoms with Gasteiger partial charge in [-0.25, -0.2) is 17.8 Å². The van der Waals surface area contributed by atoms with Crippen molar-refractivity contribution in [1.29, 1.82) is 0 Å². The molecule has 0 unspecified atom stereocenters. The standard InChI is InChI=1S/C19H19ClF2N4O2S2/c1-23-13(7-12-5-3-2-4-6-12)10-24-16-9-15(21)17(8-14(16)20)30(27,28)26-19-25-11-18(22)29-19/h2-6,8-9,11,13,23-24H,7,10H2,1H3,(H,25,26)/t13-/m0/s1. The number of hydrogen-bond donors (Lipinski definition) is 3. The van der Waals surface area contributed by atoms with Gasteiger partial charge in [-0.05, 0) is 31.2 Å². The van der Waals surface area contributed by atoms with Crippen LogP contribution in [0.1, 0.15) is 5.56 Å². The van der Waals surface area contributed by atoms with Crippen LogP contribution in [0.4, 0.5) is 19.6 Å². The van der Waals surface area contributed by atoms with Crippen LogP contribution in [-0.4, -0.2) is 33.0 Å². The smallest absolute Gasteiger partial charge is 0.266 e. The summed E-state index contributed by atoms with van der Waals surface area (Å²) in [5, 5.41) is 5.39. The number of likely N-dealkylation sites (N-methyl/N-ethyl adjacent to an activating group) is 1. The van der Waals surface area contributed by atoms with Crippen LogP contribution in [-0.2, 0) is 16.4 Å². The van der Waals surface area contributed by atoms with E-state index in [0.29, 0.717) is 17.9 Å². The summed E-state index contributed by atoms with van der Waals surface area (Å²) in [5.41, 5.74) is 1.41. The fourth-order valence-electron chi connectivity index (χ4n) is 2.75. The first-order valence-electron chi connectivity index (χ1n) is 8.86. The predicted molar refractivity (Wildman–Crippen MR) is 116 cm³/mol. The van der Waals surface area contributed by atoms with Crippen LogP contribution < -0.4 is 15.4 Å². The van der Waals surface area contributed by atoms with Gasteiger partial charge in [0.15, 0.2) is 10.3 Å². The molecule has 0 aliphatic heterocycles. The molecule has 1 atom stereocenters. The molecule has 1 heterocycles. The minimum atomic E-state index is -4.31. The molecule has 30 heavy (non-hydrogen) atoms. The van der Waals surface area contributed by atoms with E-state index in [1.807, 2.05) is 42.1 Å². The van der Waals surface area contributed by atoms with Crippen LogP contribution in [0.2, 0.25) is 5.02 Å². The van der Waals surface area contributed by atoms with Crippen molar-refractivity contribution in [3.05, 3.63) is 70.2 Å². The molecule has 0 aliphatic rings. The highest BCUT2D eigenvalue weighted by atomic mass is 35.5. The van der Waals surface area contributed by atoms with Crippen LogP contribution in [0.5, 0.6) is 0 Å². The van der Waals surface area contributed by atoms with Crippen molar-refractivity contribution in [3.63, 3.8) is 0 Å². The number of aromatic nitrogens is 1. The van der Waals surface area contributed by atoms with Gasteiger partial charge in [0.25, 0.3) is 10.0 Å². The number of halogens is 3. The summed E-state index contributed by atoms with van der Waals surface area (Å²) in [6.45, 7) is 0.438. The van der Waals surface area contributed by atoms with Crippen molar-refractivity contribution < 1.29 is 17.2 Å². The van der Waals surface area contributed by atoms with Gasteiger partial charge in [0.2, 0.25) is 0 Å². The molecule has 0 saturated carbocycles. The van der Waals surface area contributed by atoms with E-state index >= 15 is 0 Å². The van der Waals surface area contributed by atoms with E-state index in [-0.39, 0.29) is 21.9 Å². The molecule has 0 bridgehead atoms. The van der Waals surface area contributed by atoms with E-state index < -0.39 is 25.9 Å². The third-order valence-corrected chi connectivity index (χ3v) is 6.78. The lowest BCUT2D eigenvalue weighted by Gasteiger charge is -2.19. The highest BCUT2D eigenvalue weighted by Crippen LogP contribution is 2.30. The lowest BCUT2D eigenvalue weighted by molar-refractivity contribution is 0.568. The Balaban J connectivity index is 1.72. The summed E-state index contributed by atoms with van der Waals surface area (Å²) in [7, 11) is -2.50. The Kier molecular flexibility index (Phi) is 7.24. The Bertz CT molecular complexity index is 1110. The average Bonchev–Trinajstić information content (AvgIpc) is 3.11. The van der Waals surface area contributed by atoms with Gasteiger partial charge in [-0.1, -0.05) is 53.3 Å². The molecule has 0 amide bonds. The molecule has 2 aromatic carbocycles. The fraction of sp³-hybridized carbons (Fsp3) is 0.211. The maximum atomic E-state index is 14.6. The number of hydrogen-bond acceptors (Lipinski definition) is 6. The van der Waals surface area contributed by atoms with Gasteiger partial charge in [-0.15, -0.1) is 0 Å². The van der Waals surface area contributed by atoms with E-state index in [9.17, 15) is 17.2 Å². The number of thiazole rings is 1. The normalized spacial score (nSPS) is 12.5. The fourth-order valence-corrected chi connectivity index (χ4v) is 4.92. The monoisotopic (exact) mass is 472 g/mol. The van der Waals surface area contributed by atoms with Gasteiger partial charge in [0.1, 0.15) is 10.7 Å². The molecule has 3 rings (SSSR count). The first kappa shape index (κ1) is 22.4. The Morgan fingerprint density at radius 3 is 2.57 bits per heavy atom. The molecular weight excluding hydrogens is 454 g/mol. The van der Waals surface area contributed by atoms with Crippen molar-refractivity contribution in [2.45, 2.75) is 17.4 Å². The molecule has 0 aliphatic carbocycles. The van der Waals surface area contributed by atoms with Gasteiger partial charge < -0.3 is 10.6 Å². The lowest BCUT2D eigenvalue weighted by atomic mass is 10.1. The molecule has 0 saturated heterocycles. The van der Waals surface area contributed by atoms with Gasteiger partial charge in [0.05, 0.1) is 16.9 Å². The van der Waals surface area contributed by atoms with Gasteiger partial charge in [-0.2, -0.15) is 4.39 Å². The molecule has 0 fully saturated rings. The second kappa shape index (κ2) is 9.69. The molecule has 1 aromatic heterocycles. The molecular formula is C19H19ClF2N4O2S2. The number of sulfonamides is 1. The van der Waals surface area contributed by atoms with Crippen molar-refractivity contribution in [2.24, 2.45) is 0 Å². The number of nitrogens with one attached hydrogen (secondary N) is 3. The highest BCUT2D eigenvalue weighted by Gasteiger charge is 2.23. The second-order valence-electron chi connectivity index (χ2n) is 6.39. The first-order chi connectivity index (χ1) is 14.3. The number of rotatable bonds is 9. The van der Waals surface area contributed by atoms with Crippen molar-refractivity contribution in [1.82, 2.24) is 10.3 Å². The van der Waals surface area contributed by atoms with E-state index in [0.717, 1.165) is 30.3 Å². The first-order valence-corrected chi connectivity index (χ1v) is 11.5. The van der Waals surface area contributed by atoms with Crippen LogP contribution >= 0.6 is 22.9 Å². The second-order valence-corrected chi connectivity index (χ2v) is 9.43. The summed E-state index contributed by atoms with van der Waals surface area (Å²) in [6, 6.07) is 11.9. The molecule has 11 heteroatoms. The zero-order chi connectivity index (χ0) is 21.7. The van der Waals surface area contributed by atoms with Crippen molar-refractivity contribution >= 4 is 43.8 Å².